The molecule has 0 unspecified atom stereocenters. The molecule has 11 heteroatoms. The van der Waals surface area contributed by atoms with Crippen molar-refractivity contribution in [3.63, 3.8) is 0 Å². The molecule has 2 aromatic carbocycles. The van der Waals surface area contributed by atoms with Crippen LogP contribution in [-0.2, 0) is 41.9 Å². The fourth-order valence-electron chi connectivity index (χ4n) is 2.78. The van der Waals surface area contributed by atoms with Crippen LogP contribution in [0.2, 0.25) is 0 Å². The molecule has 0 saturated carbocycles. The highest BCUT2D eigenvalue weighted by Gasteiger charge is 2.23. The summed E-state index contributed by atoms with van der Waals surface area (Å²) in [6.45, 7) is -1.08. The monoisotopic (exact) mass is 485 g/mol. The Morgan fingerprint density at radius 2 is 1.34 bits per heavy atom. The third kappa shape index (κ3) is 11.3. The Labute approximate surface area is 201 Å². The van der Waals surface area contributed by atoms with Gasteiger partial charge >= 0.3 is 18.0 Å². The second kappa shape index (κ2) is 14.7. The van der Waals surface area contributed by atoms with Gasteiger partial charge in [-0.05, 0) is 17.5 Å². The van der Waals surface area contributed by atoms with Crippen LogP contribution >= 0.6 is 0 Å². The number of carboxylic acids is 1. The van der Waals surface area contributed by atoms with Crippen LogP contribution in [0.4, 0.5) is 4.79 Å². The van der Waals surface area contributed by atoms with Gasteiger partial charge in [-0.3, -0.25) is 19.2 Å². The first-order valence-corrected chi connectivity index (χ1v) is 10.8. The molecule has 0 bridgehead atoms. The summed E-state index contributed by atoms with van der Waals surface area (Å²) < 4.78 is 10.3. The third-order valence-corrected chi connectivity index (χ3v) is 4.56. The molecule has 3 amide bonds. The second-order valence-electron chi connectivity index (χ2n) is 7.33. The van der Waals surface area contributed by atoms with Crippen molar-refractivity contribution in [2.45, 2.75) is 32.1 Å². The lowest BCUT2D eigenvalue weighted by Gasteiger charge is -2.18. The Morgan fingerprint density at radius 1 is 0.771 bits per heavy atom. The van der Waals surface area contributed by atoms with Crippen LogP contribution in [0.1, 0.15) is 24.0 Å². The number of hydrogen-bond acceptors (Lipinski definition) is 7. The van der Waals surface area contributed by atoms with Crippen LogP contribution in [0, 0.1) is 0 Å². The molecule has 0 heterocycles. The van der Waals surface area contributed by atoms with Gasteiger partial charge in [-0.1, -0.05) is 60.7 Å². The van der Waals surface area contributed by atoms with Crippen molar-refractivity contribution in [3.05, 3.63) is 71.8 Å². The molecule has 0 aliphatic heterocycles. The van der Waals surface area contributed by atoms with E-state index in [4.69, 9.17) is 14.6 Å². The van der Waals surface area contributed by atoms with Crippen molar-refractivity contribution in [3.8, 4) is 0 Å². The Morgan fingerprint density at radius 3 is 1.91 bits per heavy atom. The van der Waals surface area contributed by atoms with Gasteiger partial charge in [0.1, 0.15) is 25.8 Å². The van der Waals surface area contributed by atoms with E-state index in [0.717, 1.165) is 11.1 Å². The number of aliphatic carboxylic acids is 1. The maximum Gasteiger partial charge on any atom is 0.408 e. The average Bonchev–Trinajstić information content (AvgIpc) is 2.87. The number of nitrogens with one attached hydrogen (secondary N) is 3. The zero-order chi connectivity index (χ0) is 25.5. The summed E-state index contributed by atoms with van der Waals surface area (Å²) in [6.07, 6.45) is -1.19. The summed E-state index contributed by atoms with van der Waals surface area (Å²) >= 11 is 0. The fraction of sp³-hybridized carbons (Fsp3) is 0.292. The minimum Gasteiger partial charge on any atom is -0.480 e. The smallest absolute Gasteiger partial charge is 0.408 e. The van der Waals surface area contributed by atoms with E-state index in [9.17, 15) is 24.0 Å². The lowest BCUT2D eigenvalue weighted by Crippen LogP contribution is -2.49. The molecular weight excluding hydrogens is 458 g/mol. The van der Waals surface area contributed by atoms with E-state index in [1.54, 1.807) is 48.5 Å². The standard InChI is InChI=1S/C24H27N3O8/c28-20(25-14-21(29)30)13-26-23(32)19(27-24(33)35-16-18-9-5-2-6-10-18)11-12-22(31)34-15-17-7-3-1-4-8-17/h1-10,19H,11-16H2,(H,25,28)(H,26,32)(H,27,33)(H,29,30)/t19-/m0/s1. The van der Waals surface area contributed by atoms with Crippen molar-refractivity contribution in [1.29, 1.82) is 0 Å². The molecule has 0 aromatic heterocycles. The molecule has 0 radical (unpaired) electrons. The molecule has 4 N–H and O–H groups in total. The van der Waals surface area contributed by atoms with Crippen LogP contribution in [-0.4, -0.2) is 54.1 Å². The number of esters is 1. The van der Waals surface area contributed by atoms with E-state index in [1.165, 1.54) is 0 Å². The van der Waals surface area contributed by atoms with E-state index < -0.39 is 49.0 Å². The van der Waals surface area contributed by atoms with Crippen molar-refractivity contribution in [2.75, 3.05) is 13.1 Å². The third-order valence-electron chi connectivity index (χ3n) is 4.56. The van der Waals surface area contributed by atoms with Gasteiger partial charge in [0.05, 0.1) is 6.54 Å². The number of rotatable bonds is 13. The van der Waals surface area contributed by atoms with Gasteiger partial charge in [0.15, 0.2) is 0 Å². The maximum atomic E-state index is 12.6. The first kappa shape index (κ1) is 26.8. The van der Waals surface area contributed by atoms with Crippen LogP contribution in [0.15, 0.2) is 60.7 Å². The highest BCUT2D eigenvalue weighted by Crippen LogP contribution is 2.06. The van der Waals surface area contributed by atoms with Crippen LogP contribution in [0.25, 0.3) is 0 Å². The zero-order valence-corrected chi connectivity index (χ0v) is 18.9. The molecule has 0 fully saturated rings. The highest BCUT2D eigenvalue weighted by atomic mass is 16.5. The molecule has 11 nitrogen and oxygen atoms in total. The Balaban J connectivity index is 1.88. The van der Waals surface area contributed by atoms with E-state index in [-0.39, 0.29) is 26.1 Å². The van der Waals surface area contributed by atoms with E-state index >= 15 is 0 Å². The number of hydrogen-bond donors (Lipinski definition) is 4. The molecule has 2 aromatic rings. The molecule has 35 heavy (non-hydrogen) atoms. The van der Waals surface area contributed by atoms with Crippen molar-refractivity contribution >= 4 is 29.8 Å². The minimum atomic E-state index is -1.24. The van der Waals surface area contributed by atoms with E-state index in [0.29, 0.717) is 0 Å². The molecule has 186 valence electrons. The summed E-state index contributed by atoms with van der Waals surface area (Å²) in [5.41, 5.74) is 1.54. The Bertz CT molecular complexity index is 998. The molecule has 0 aliphatic rings. The molecular formula is C24H27N3O8. The Hall–Kier alpha value is -4.41. The molecule has 0 saturated heterocycles. The molecule has 1 atom stereocenters. The zero-order valence-electron chi connectivity index (χ0n) is 18.9. The molecule has 0 spiro atoms. The number of carbonyl (C=O) groups excluding carboxylic acids is 4. The largest absolute Gasteiger partial charge is 0.480 e. The van der Waals surface area contributed by atoms with Gasteiger partial charge in [-0.25, -0.2) is 4.79 Å². The molecule has 2 rings (SSSR count). The Kier molecular flexibility index (Phi) is 11.3. The summed E-state index contributed by atoms with van der Waals surface area (Å²) in [7, 11) is 0. The summed E-state index contributed by atoms with van der Waals surface area (Å²) in [5.74, 6) is -3.29. The first-order valence-electron chi connectivity index (χ1n) is 10.8. The van der Waals surface area contributed by atoms with Crippen molar-refractivity contribution < 1.29 is 38.6 Å². The summed E-state index contributed by atoms with van der Waals surface area (Å²) in [6, 6.07) is 16.7. The van der Waals surface area contributed by atoms with Gasteiger partial charge in [-0.2, -0.15) is 0 Å². The van der Waals surface area contributed by atoms with Crippen molar-refractivity contribution in [2.24, 2.45) is 0 Å². The number of carbonyl (C=O) groups is 5. The lowest BCUT2D eigenvalue weighted by atomic mass is 10.1. The second-order valence-corrected chi connectivity index (χ2v) is 7.33. The highest BCUT2D eigenvalue weighted by molar-refractivity contribution is 5.90. The van der Waals surface area contributed by atoms with Crippen molar-refractivity contribution in [1.82, 2.24) is 16.0 Å². The number of ether oxygens (including phenoxy) is 2. The molecule has 0 aliphatic carbocycles. The minimum absolute atomic E-state index is 0.0300. The fourth-order valence-corrected chi connectivity index (χ4v) is 2.78. The lowest BCUT2D eigenvalue weighted by molar-refractivity contribution is -0.145. The number of carboxylic acid groups (broad SMARTS) is 1. The number of amides is 3. The van der Waals surface area contributed by atoms with E-state index in [2.05, 4.69) is 16.0 Å². The van der Waals surface area contributed by atoms with E-state index in [1.807, 2.05) is 12.1 Å². The topological polar surface area (TPSA) is 160 Å². The maximum absolute atomic E-state index is 12.6. The SMILES string of the molecule is O=C(O)CNC(=O)CNC(=O)[C@H](CCC(=O)OCc1ccccc1)NC(=O)OCc1ccccc1. The first-order chi connectivity index (χ1) is 16.8. The van der Waals surface area contributed by atoms with Gasteiger partial charge in [0, 0.05) is 6.42 Å². The predicted octanol–water partition coefficient (Wildman–Crippen LogP) is 1.12. The van der Waals surface area contributed by atoms with Gasteiger partial charge in [0.25, 0.3) is 0 Å². The van der Waals surface area contributed by atoms with Gasteiger partial charge in [0.2, 0.25) is 11.8 Å². The van der Waals surface area contributed by atoms with Gasteiger partial charge < -0.3 is 30.5 Å². The van der Waals surface area contributed by atoms with Gasteiger partial charge in [-0.15, -0.1) is 0 Å². The number of benzene rings is 2. The predicted molar refractivity (Wildman–Crippen MR) is 123 cm³/mol. The van der Waals surface area contributed by atoms with Crippen LogP contribution < -0.4 is 16.0 Å². The average molecular weight is 485 g/mol. The summed E-state index contributed by atoms with van der Waals surface area (Å²) in [5, 5.41) is 15.4. The van der Waals surface area contributed by atoms with Crippen LogP contribution in [0.3, 0.4) is 0 Å². The summed E-state index contributed by atoms with van der Waals surface area (Å²) in [4.78, 5) is 59.1. The quantitative estimate of drug-likeness (QED) is 0.307. The van der Waals surface area contributed by atoms with Crippen LogP contribution in [0.5, 0.6) is 0 Å². The normalized spacial score (nSPS) is 11.0. The number of alkyl carbamates (subject to hydrolysis) is 1.